The third-order valence-corrected chi connectivity index (χ3v) is 7.54. The van der Waals surface area contributed by atoms with Crippen LogP contribution in [-0.4, -0.2) is 80.5 Å². The smallest absolute Gasteiger partial charge is 0.443 e. The highest BCUT2D eigenvalue weighted by Gasteiger charge is 2.68. The molecule has 17 heteroatoms. The van der Waals surface area contributed by atoms with E-state index in [4.69, 9.17) is 0 Å². The standard InChI is InChI=1S/C12H15F6N3O5S2.C5H14N/c1-3-10(26-8-4-5-20-7-6-19(2)9-20)21(27(22,23)11(13,14)15)28(24,25)12(16,17)18;1-5-6(2,3)4/h3,6-7,9H,1,4-5,8H2,2H3;5H2,1-4H3/q+2;+1. The van der Waals surface area contributed by atoms with E-state index < -0.39 is 47.0 Å². The minimum Gasteiger partial charge on any atom is -0.443 e. The first-order valence-electron chi connectivity index (χ1n) is 9.48. The highest BCUT2D eigenvalue weighted by molar-refractivity contribution is 7.98. The number of aromatic nitrogens is 2. The van der Waals surface area contributed by atoms with E-state index in [-0.39, 0.29) is 19.0 Å². The van der Waals surface area contributed by atoms with Gasteiger partial charge in [0.2, 0.25) is 6.33 Å². The highest BCUT2D eigenvalue weighted by atomic mass is 32.3. The van der Waals surface area contributed by atoms with E-state index >= 15 is 0 Å². The minimum absolute atomic E-state index is 0.00199. The molecular formula is C17H29F6N4O5S2+3. The van der Waals surface area contributed by atoms with Crippen LogP contribution in [-0.2, 0) is 38.4 Å². The van der Waals surface area contributed by atoms with Crippen molar-refractivity contribution >= 4 is 25.9 Å². The van der Waals surface area contributed by atoms with Gasteiger partial charge in [-0.15, -0.1) is 0 Å². The second-order valence-corrected chi connectivity index (χ2v) is 11.6. The first kappa shape index (κ1) is 31.9. The Morgan fingerprint density at radius 3 is 1.82 bits per heavy atom. The zero-order valence-corrected chi connectivity index (χ0v) is 20.9. The number of halogens is 6. The van der Waals surface area contributed by atoms with Crippen LogP contribution >= 0.6 is 0 Å². The van der Waals surface area contributed by atoms with Crippen LogP contribution in [0.5, 0.6) is 0 Å². The molecule has 0 saturated heterocycles. The summed E-state index contributed by atoms with van der Waals surface area (Å²) in [6, 6.07) is 0. The van der Waals surface area contributed by atoms with Crippen molar-refractivity contribution in [1.82, 2.24) is 4.57 Å². The molecule has 9 nitrogen and oxygen atoms in total. The van der Waals surface area contributed by atoms with Crippen LogP contribution in [0.4, 0.5) is 26.3 Å². The van der Waals surface area contributed by atoms with Gasteiger partial charge in [0.05, 0.1) is 51.3 Å². The van der Waals surface area contributed by atoms with Gasteiger partial charge in [-0.05, 0) is 6.92 Å². The number of ether oxygens (including phenoxy) is 1. The van der Waals surface area contributed by atoms with E-state index in [9.17, 15) is 43.2 Å². The van der Waals surface area contributed by atoms with Crippen LogP contribution < -0.4 is 4.57 Å². The summed E-state index contributed by atoms with van der Waals surface area (Å²) in [7, 11) is -5.75. The molecule has 0 radical (unpaired) electrons. The summed E-state index contributed by atoms with van der Waals surface area (Å²) in [6.45, 7) is 5.83. The fourth-order valence-corrected chi connectivity index (χ4v) is 4.44. The molecule has 0 bridgehead atoms. The van der Waals surface area contributed by atoms with E-state index in [0.717, 1.165) is 4.48 Å². The predicted octanol–water partition coefficient (Wildman–Crippen LogP) is 1.73. The van der Waals surface area contributed by atoms with Crippen molar-refractivity contribution in [2.24, 2.45) is 7.05 Å². The number of rotatable bonds is 8. The molecule has 0 aliphatic heterocycles. The maximum atomic E-state index is 12.7. The third kappa shape index (κ3) is 8.90. The number of quaternary nitrogens is 1. The van der Waals surface area contributed by atoms with E-state index in [1.807, 2.05) is 0 Å². The predicted molar refractivity (Wildman–Crippen MR) is 110 cm³/mol. The van der Waals surface area contributed by atoms with Gasteiger partial charge in [-0.3, -0.25) is 0 Å². The SMILES string of the molecule is C=CC(OCCCn1cc[n+](C)c1)=[N+](S(=O)(=O)C(F)(F)F)S(=O)(=O)C(F)(F)F.CC[N+](C)(C)C. The summed E-state index contributed by atoms with van der Waals surface area (Å²) >= 11 is 0. The minimum atomic E-state index is -6.99. The molecule has 0 saturated carbocycles. The lowest BCUT2D eigenvalue weighted by molar-refractivity contribution is -0.868. The Labute approximate surface area is 194 Å². The lowest BCUT2D eigenvalue weighted by Gasteiger charge is -2.20. The molecule has 0 fully saturated rings. The van der Waals surface area contributed by atoms with E-state index in [1.165, 1.54) is 6.54 Å². The van der Waals surface area contributed by atoms with E-state index in [0.29, 0.717) is 0 Å². The summed E-state index contributed by atoms with van der Waals surface area (Å²) in [5, 5.41) is 0. The van der Waals surface area contributed by atoms with Crippen molar-refractivity contribution in [3.8, 4) is 0 Å². The molecule has 0 spiro atoms. The fraction of sp³-hybridized carbons (Fsp3) is 0.647. The zero-order valence-electron chi connectivity index (χ0n) is 19.3. The largest absolute Gasteiger partial charge is 0.561 e. The van der Waals surface area contributed by atoms with Crippen molar-refractivity contribution in [3.63, 3.8) is 0 Å². The van der Waals surface area contributed by atoms with Crippen molar-refractivity contribution in [2.75, 3.05) is 34.3 Å². The molecule has 0 aliphatic carbocycles. The number of hydrogen-bond acceptors (Lipinski definition) is 5. The van der Waals surface area contributed by atoms with Gasteiger partial charge >= 0.3 is 37.0 Å². The average Bonchev–Trinajstić information content (AvgIpc) is 3.06. The Bertz CT molecular complexity index is 1020. The van der Waals surface area contributed by atoms with Crippen molar-refractivity contribution < 1.29 is 60.4 Å². The summed E-state index contributed by atoms with van der Waals surface area (Å²) in [4.78, 5) is 0. The maximum Gasteiger partial charge on any atom is 0.561 e. The van der Waals surface area contributed by atoms with Gasteiger partial charge in [0.15, 0.2) is 0 Å². The quantitative estimate of drug-likeness (QED) is 0.124. The van der Waals surface area contributed by atoms with Gasteiger partial charge in [-0.25, -0.2) is 9.13 Å². The first-order valence-corrected chi connectivity index (χ1v) is 12.4. The molecule has 0 amide bonds. The molecule has 1 aromatic heterocycles. The second kappa shape index (κ2) is 11.5. The van der Waals surface area contributed by atoms with Gasteiger partial charge in [0, 0.05) is 12.5 Å². The Morgan fingerprint density at radius 2 is 1.53 bits per heavy atom. The van der Waals surface area contributed by atoms with Crippen molar-refractivity contribution in [1.29, 1.82) is 0 Å². The lowest BCUT2D eigenvalue weighted by Crippen LogP contribution is -2.46. The van der Waals surface area contributed by atoms with Crippen molar-refractivity contribution in [2.45, 2.75) is 30.9 Å². The van der Waals surface area contributed by atoms with Crippen LogP contribution in [0.3, 0.4) is 0 Å². The Morgan fingerprint density at radius 1 is 1.09 bits per heavy atom. The molecule has 1 heterocycles. The van der Waals surface area contributed by atoms with E-state index in [1.54, 1.807) is 34.9 Å². The number of nitrogens with zero attached hydrogens (tertiary/aromatic N) is 4. The van der Waals surface area contributed by atoms with Gasteiger partial charge in [-0.2, -0.15) is 43.2 Å². The Kier molecular flexibility index (Phi) is 10.8. The lowest BCUT2D eigenvalue weighted by atomic mass is 10.4. The second-order valence-electron chi connectivity index (χ2n) is 7.77. The summed E-state index contributed by atoms with van der Waals surface area (Å²) in [6.07, 6.45) is 4.98. The van der Waals surface area contributed by atoms with Crippen LogP contribution in [0.15, 0.2) is 31.4 Å². The number of alkyl halides is 6. The number of imidazole rings is 1. The van der Waals surface area contributed by atoms with Crippen LogP contribution in [0, 0.1) is 0 Å². The van der Waals surface area contributed by atoms with Gasteiger partial charge in [0.1, 0.15) is 12.4 Å². The monoisotopic (exact) mass is 547 g/mol. The summed E-state index contributed by atoms with van der Waals surface area (Å²) < 4.78 is 129. The average molecular weight is 548 g/mol. The molecule has 0 aromatic carbocycles. The van der Waals surface area contributed by atoms with Crippen LogP contribution in [0.25, 0.3) is 0 Å². The molecular weight excluding hydrogens is 518 g/mol. The molecule has 1 aromatic rings. The molecule has 34 heavy (non-hydrogen) atoms. The molecule has 1 rings (SSSR count). The number of hydrogen-bond donors (Lipinski definition) is 0. The molecule has 0 unspecified atom stereocenters. The van der Waals surface area contributed by atoms with Crippen LogP contribution in [0.1, 0.15) is 13.3 Å². The van der Waals surface area contributed by atoms with E-state index in [2.05, 4.69) is 39.4 Å². The Hall–Kier alpha value is -2.14. The molecule has 0 N–H and O–H groups in total. The third-order valence-electron chi connectivity index (χ3n) is 3.96. The van der Waals surface area contributed by atoms with Gasteiger partial charge in [-0.1, -0.05) is 6.58 Å². The fourth-order valence-electron chi connectivity index (χ4n) is 1.80. The summed E-state index contributed by atoms with van der Waals surface area (Å²) in [5.74, 6) is -1.74. The van der Waals surface area contributed by atoms with Gasteiger partial charge in [0.25, 0.3) is 0 Å². The maximum absolute atomic E-state index is 12.7. The number of sulfonamides is 2. The van der Waals surface area contributed by atoms with Gasteiger partial charge < -0.3 is 9.22 Å². The topological polar surface area (TPSA) is 89.3 Å². The highest BCUT2D eigenvalue weighted by Crippen LogP contribution is 2.32. The van der Waals surface area contributed by atoms with Crippen molar-refractivity contribution in [3.05, 3.63) is 31.4 Å². The Balaban J connectivity index is 0.00000160. The van der Waals surface area contributed by atoms with Crippen LogP contribution in [0.2, 0.25) is 0 Å². The molecule has 198 valence electrons. The normalized spacial score (nSPS) is 13.0. The summed E-state index contributed by atoms with van der Waals surface area (Å²) in [5.41, 5.74) is -12.7. The molecule has 0 aliphatic rings. The zero-order chi connectivity index (χ0) is 27.2. The first-order chi connectivity index (χ1) is 15.1. The molecule has 0 atom stereocenters. The number of aryl methyl sites for hydroxylation is 2.